The first-order valence-corrected chi connectivity index (χ1v) is 10.1. The van der Waals surface area contributed by atoms with E-state index in [9.17, 15) is 14.7 Å². The van der Waals surface area contributed by atoms with E-state index in [4.69, 9.17) is 4.74 Å². The van der Waals surface area contributed by atoms with Crippen molar-refractivity contribution in [3.63, 3.8) is 0 Å². The van der Waals surface area contributed by atoms with Gasteiger partial charge in [-0.1, -0.05) is 36.4 Å². The molecule has 0 atom stereocenters. The minimum atomic E-state index is -0.945. The highest BCUT2D eigenvalue weighted by Gasteiger charge is 2.49. The fraction of sp³-hybridized carbons (Fsp3) is 0.478. The Balaban J connectivity index is 1.53. The molecule has 0 bridgehead atoms. The van der Waals surface area contributed by atoms with Crippen LogP contribution in [0.5, 0.6) is 0 Å². The maximum Gasteiger partial charge on any atom is 0.410 e. The van der Waals surface area contributed by atoms with Crippen LogP contribution in [-0.4, -0.2) is 64.3 Å². The Labute approximate surface area is 171 Å². The van der Waals surface area contributed by atoms with Gasteiger partial charge in [0, 0.05) is 39.0 Å². The fourth-order valence-corrected chi connectivity index (χ4v) is 4.51. The minimum Gasteiger partial charge on any atom is -0.480 e. The molecule has 154 valence electrons. The van der Waals surface area contributed by atoms with Gasteiger partial charge in [-0.3, -0.25) is 9.69 Å². The second-order valence-corrected chi connectivity index (χ2v) is 9.11. The van der Waals surface area contributed by atoms with Crippen LogP contribution >= 0.6 is 0 Å². The molecule has 4 rings (SSSR count). The fourth-order valence-electron chi connectivity index (χ4n) is 4.51. The Morgan fingerprint density at radius 3 is 1.93 bits per heavy atom. The van der Waals surface area contributed by atoms with Crippen LogP contribution in [0.3, 0.4) is 0 Å². The van der Waals surface area contributed by atoms with Crippen LogP contribution < -0.4 is 0 Å². The molecule has 2 aromatic rings. The van der Waals surface area contributed by atoms with Crippen LogP contribution in [-0.2, 0) is 22.4 Å². The first-order chi connectivity index (χ1) is 13.7. The van der Waals surface area contributed by atoms with Crippen molar-refractivity contribution in [3.05, 3.63) is 47.5 Å². The average molecular weight is 396 g/mol. The monoisotopic (exact) mass is 396 g/mol. The number of hydrogen-bond acceptors (Lipinski definition) is 4. The van der Waals surface area contributed by atoms with Crippen molar-refractivity contribution in [2.24, 2.45) is 0 Å². The largest absolute Gasteiger partial charge is 0.480 e. The maximum atomic E-state index is 12.4. The van der Waals surface area contributed by atoms with E-state index in [-0.39, 0.29) is 6.09 Å². The quantitative estimate of drug-likeness (QED) is 0.843. The third-order valence-electron chi connectivity index (χ3n) is 5.97. The summed E-state index contributed by atoms with van der Waals surface area (Å²) in [5, 5.41) is 12.5. The lowest BCUT2D eigenvalue weighted by Crippen LogP contribution is -2.62. The van der Waals surface area contributed by atoms with Crippen LogP contribution in [0.2, 0.25) is 0 Å². The Kier molecular flexibility index (Phi) is 4.77. The highest BCUT2D eigenvalue weighted by molar-refractivity contribution is 5.87. The topological polar surface area (TPSA) is 70.1 Å². The summed E-state index contributed by atoms with van der Waals surface area (Å²) >= 11 is 0. The first kappa shape index (κ1) is 19.7. The lowest BCUT2D eigenvalue weighted by Gasteiger charge is -2.43. The number of fused-ring (bicyclic) bond motifs is 2. The summed E-state index contributed by atoms with van der Waals surface area (Å²) in [6.07, 6.45) is 0.659. The van der Waals surface area contributed by atoms with Crippen LogP contribution in [0.25, 0.3) is 10.8 Å². The number of rotatable bonds is 2. The third kappa shape index (κ3) is 3.69. The number of carbonyl (C=O) groups excluding carboxylic acids is 1. The van der Waals surface area contributed by atoms with E-state index in [0.29, 0.717) is 39.0 Å². The Morgan fingerprint density at radius 2 is 1.48 bits per heavy atom. The molecular weight excluding hydrogens is 368 g/mol. The van der Waals surface area contributed by atoms with Crippen LogP contribution in [0.15, 0.2) is 36.4 Å². The third-order valence-corrected chi connectivity index (χ3v) is 5.97. The van der Waals surface area contributed by atoms with Gasteiger partial charge < -0.3 is 14.7 Å². The summed E-state index contributed by atoms with van der Waals surface area (Å²) in [5.74, 6) is -0.788. The number of hydrogen-bond donors (Lipinski definition) is 1. The number of carbonyl (C=O) groups is 2. The van der Waals surface area contributed by atoms with Crippen LogP contribution in [0, 0.1) is 0 Å². The number of nitrogens with zero attached hydrogens (tertiary/aromatic N) is 2. The SMILES string of the molecule is CC(C)(C)OC(=O)N1CCN(C2(C(=O)O)Cc3cc4ccccc4cc3C2)CC1. The standard InChI is InChI=1S/C23H28N2O4/c1-22(2,3)29-21(28)24-8-10-25(11-9-24)23(20(26)27)14-18-12-16-6-4-5-7-17(16)13-19(18)15-23/h4-7,12-13H,8-11,14-15H2,1-3H3,(H,26,27). The Bertz CT molecular complexity index is 910. The predicted octanol–water partition coefficient (Wildman–Crippen LogP) is 3.31. The zero-order chi connectivity index (χ0) is 20.8. The molecule has 1 heterocycles. The number of piperazine rings is 1. The van der Waals surface area contributed by atoms with Crippen molar-refractivity contribution in [1.82, 2.24) is 9.80 Å². The molecule has 0 spiro atoms. The van der Waals surface area contributed by atoms with Crippen molar-refractivity contribution in [3.8, 4) is 0 Å². The minimum absolute atomic E-state index is 0.331. The van der Waals surface area contributed by atoms with Gasteiger partial charge in [0.2, 0.25) is 0 Å². The summed E-state index contributed by atoms with van der Waals surface area (Å²) in [7, 11) is 0. The second kappa shape index (κ2) is 7.02. The van der Waals surface area contributed by atoms with E-state index < -0.39 is 17.1 Å². The van der Waals surface area contributed by atoms with Gasteiger partial charge >= 0.3 is 12.1 Å². The number of carboxylic acids is 1. The van der Waals surface area contributed by atoms with Crippen LogP contribution in [0.1, 0.15) is 31.9 Å². The van der Waals surface area contributed by atoms with Crippen molar-refractivity contribution in [2.75, 3.05) is 26.2 Å². The zero-order valence-electron chi connectivity index (χ0n) is 17.3. The van der Waals surface area contributed by atoms with E-state index >= 15 is 0 Å². The number of ether oxygens (including phenoxy) is 1. The van der Waals surface area contributed by atoms with Gasteiger partial charge in [-0.25, -0.2) is 4.79 Å². The normalized spacial score (nSPS) is 19.2. The molecule has 2 aromatic carbocycles. The molecule has 2 aliphatic rings. The molecular formula is C23H28N2O4. The lowest BCUT2D eigenvalue weighted by atomic mass is 9.92. The van der Waals surface area contributed by atoms with Gasteiger partial charge in [-0.15, -0.1) is 0 Å². The molecule has 29 heavy (non-hydrogen) atoms. The summed E-state index contributed by atoms with van der Waals surface area (Å²) in [4.78, 5) is 28.5. The number of aliphatic carboxylic acids is 1. The van der Waals surface area contributed by atoms with Gasteiger partial charge in [-0.2, -0.15) is 0 Å². The van der Waals surface area contributed by atoms with Gasteiger partial charge in [0.05, 0.1) is 0 Å². The molecule has 0 radical (unpaired) electrons. The summed E-state index contributed by atoms with van der Waals surface area (Å²) in [5.41, 5.74) is 0.743. The maximum absolute atomic E-state index is 12.4. The highest BCUT2D eigenvalue weighted by Crippen LogP contribution is 2.38. The molecule has 1 aliphatic carbocycles. The van der Waals surface area contributed by atoms with Crippen molar-refractivity contribution in [1.29, 1.82) is 0 Å². The summed E-state index contributed by atoms with van der Waals surface area (Å²) in [6, 6.07) is 12.4. The molecule has 0 saturated carbocycles. The van der Waals surface area contributed by atoms with Gasteiger partial charge in [-0.05, 0) is 42.7 Å². The van der Waals surface area contributed by atoms with Crippen molar-refractivity contribution in [2.45, 2.75) is 44.8 Å². The number of benzene rings is 2. The predicted molar refractivity (Wildman–Crippen MR) is 111 cm³/mol. The average Bonchev–Trinajstić information content (AvgIpc) is 3.04. The highest BCUT2D eigenvalue weighted by atomic mass is 16.6. The molecule has 1 fully saturated rings. The number of carboxylic acid groups (broad SMARTS) is 1. The first-order valence-electron chi connectivity index (χ1n) is 10.1. The molecule has 0 aromatic heterocycles. The molecule has 6 heteroatoms. The van der Waals surface area contributed by atoms with E-state index in [1.54, 1.807) is 4.90 Å². The summed E-state index contributed by atoms with van der Waals surface area (Å²) in [6.45, 7) is 7.55. The van der Waals surface area contributed by atoms with Crippen LogP contribution in [0.4, 0.5) is 4.79 Å². The van der Waals surface area contributed by atoms with E-state index in [1.165, 1.54) is 0 Å². The van der Waals surface area contributed by atoms with E-state index in [0.717, 1.165) is 21.9 Å². The Morgan fingerprint density at radius 1 is 0.966 bits per heavy atom. The molecule has 6 nitrogen and oxygen atoms in total. The van der Waals surface area contributed by atoms with Gasteiger partial charge in [0.1, 0.15) is 11.1 Å². The van der Waals surface area contributed by atoms with Gasteiger partial charge in [0.25, 0.3) is 0 Å². The van der Waals surface area contributed by atoms with E-state index in [1.807, 2.05) is 37.8 Å². The zero-order valence-corrected chi connectivity index (χ0v) is 17.3. The number of amides is 1. The molecule has 1 N–H and O–H groups in total. The molecule has 1 saturated heterocycles. The molecule has 0 unspecified atom stereocenters. The van der Waals surface area contributed by atoms with Gasteiger partial charge in [0.15, 0.2) is 0 Å². The van der Waals surface area contributed by atoms with Crippen molar-refractivity contribution >= 4 is 22.8 Å². The smallest absolute Gasteiger partial charge is 0.410 e. The van der Waals surface area contributed by atoms with E-state index in [2.05, 4.69) is 24.3 Å². The summed E-state index contributed by atoms with van der Waals surface area (Å²) < 4.78 is 5.46. The molecule has 1 amide bonds. The molecule has 1 aliphatic heterocycles. The van der Waals surface area contributed by atoms with Crippen molar-refractivity contribution < 1.29 is 19.4 Å². The lowest BCUT2D eigenvalue weighted by molar-refractivity contribution is -0.152. The Hall–Kier alpha value is -2.60. The second-order valence-electron chi connectivity index (χ2n) is 9.11.